The molecule has 6 atom stereocenters. The number of aliphatic hydroxyl groups is 3. The van der Waals surface area contributed by atoms with Gasteiger partial charge < -0.3 is 29.5 Å². The van der Waals surface area contributed by atoms with Crippen molar-refractivity contribution in [1.82, 2.24) is 0 Å². The van der Waals surface area contributed by atoms with Gasteiger partial charge in [-0.15, -0.1) is 0 Å². The lowest BCUT2D eigenvalue weighted by Gasteiger charge is -2.50. The Labute approximate surface area is 203 Å². The lowest BCUT2D eigenvalue weighted by molar-refractivity contribution is -0.291. The van der Waals surface area contributed by atoms with Crippen LogP contribution in [0.15, 0.2) is 0 Å². The number of aliphatic hydroxyl groups excluding tert-OH is 3. The Morgan fingerprint density at radius 2 is 1.36 bits per heavy atom. The average Bonchev–Trinajstić information content (AvgIpc) is 2.83. The zero-order chi connectivity index (χ0) is 24.7. The third-order valence-corrected chi connectivity index (χ3v) is 7.43. The number of hydrogen-bond donors (Lipinski definition) is 3. The van der Waals surface area contributed by atoms with E-state index in [1.54, 1.807) is 0 Å². The highest BCUT2D eigenvalue weighted by molar-refractivity contribution is 5.02. The molecule has 0 bridgehead atoms. The molecular formula is C27H54O6. The van der Waals surface area contributed by atoms with Gasteiger partial charge in [0.1, 0.15) is 30.5 Å². The number of ether oxygens (including phenoxy) is 3. The summed E-state index contributed by atoms with van der Waals surface area (Å²) >= 11 is 0. The van der Waals surface area contributed by atoms with Gasteiger partial charge in [-0.3, -0.25) is 0 Å². The smallest absolute Gasteiger partial charge is 0.115 e. The minimum Gasteiger partial charge on any atom is -0.394 e. The van der Waals surface area contributed by atoms with Crippen LogP contribution in [0.5, 0.6) is 0 Å². The molecule has 1 fully saturated rings. The molecule has 1 aliphatic rings. The Morgan fingerprint density at radius 1 is 0.818 bits per heavy atom. The van der Waals surface area contributed by atoms with Gasteiger partial charge in [-0.1, -0.05) is 85.5 Å². The summed E-state index contributed by atoms with van der Waals surface area (Å²) in [4.78, 5) is 0. The summed E-state index contributed by atoms with van der Waals surface area (Å²) in [5.74, 6) is 0. The van der Waals surface area contributed by atoms with E-state index in [1.165, 1.54) is 51.4 Å². The monoisotopic (exact) mass is 474 g/mol. The van der Waals surface area contributed by atoms with Crippen molar-refractivity contribution in [2.24, 2.45) is 0 Å². The van der Waals surface area contributed by atoms with Crippen LogP contribution >= 0.6 is 0 Å². The summed E-state index contributed by atoms with van der Waals surface area (Å²) in [6.45, 7) is 10.6. The van der Waals surface area contributed by atoms with Crippen molar-refractivity contribution in [3.63, 3.8) is 0 Å². The first kappa shape index (κ1) is 30.8. The highest BCUT2D eigenvalue weighted by atomic mass is 16.6. The van der Waals surface area contributed by atoms with E-state index in [4.69, 9.17) is 14.2 Å². The highest BCUT2D eigenvalue weighted by Crippen LogP contribution is 2.36. The summed E-state index contributed by atoms with van der Waals surface area (Å²) in [5, 5.41) is 31.7. The molecule has 0 aromatic rings. The van der Waals surface area contributed by atoms with Gasteiger partial charge in [-0.2, -0.15) is 0 Å². The molecule has 1 heterocycles. The lowest BCUT2D eigenvalue weighted by Crippen LogP contribution is -2.66. The first-order valence-electron chi connectivity index (χ1n) is 13.8. The Hall–Kier alpha value is -0.240. The van der Waals surface area contributed by atoms with Crippen molar-refractivity contribution < 1.29 is 29.5 Å². The Balaban J connectivity index is 2.55. The van der Waals surface area contributed by atoms with Crippen LogP contribution in [0, 0.1) is 0 Å². The van der Waals surface area contributed by atoms with E-state index in [1.807, 2.05) is 27.7 Å². The largest absolute Gasteiger partial charge is 0.394 e. The third kappa shape index (κ3) is 9.73. The molecule has 2 unspecified atom stereocenters. The Bertz CT molecular complexity index is 468. The summed E-state index contributed by atoms with van der Waals surface area (Å²) in [6.07, 6.45) is 10.2. The van der Waals surface area contributed by atoms with Crippen LogP contribution in [0.1, 0.15) is 118 Å². The summed E-state index contributed by atoms with van der Waals surface area (Å²) in [6, 6.07) is 0. The van der Waals surface area contributed by atoms with Crippen LogP contribution < -0.4 is 0 Å². The van der Waals surface area contributed by atoms with E-state index in [9.17, 15) is 15.3 Å². The van der Waals surface area contributed by atoms with Gasteiger partial charge in [0.05, 0.1) is 18.3 Å². The van der Waals surface area contributed by atoms with Crippen molar-refractivity contribution in [3.8, 4) is 0 Å². The van der Waals surface area contributed by atoms with Crippen molar-refractivity contribution >= 4 is 0 Å². The minimum absolute atomic E-state index is 0.0965. The first-order valence-corrected chi connectivity index (χ1v) is 13.8. The molecule has 1 rings (SSSR count). The molecule has 1 aliphatic heterocycles. The maximum absolute atomic E-state index is 11.0. The van der Waals surface area contributed by atoms with E-state index >= 15 is 0 Å². The molecule has 0 spiro atoms. The lowest BCUT2D eigenvalue weighted by atomic mass is 9.81. The van der Waals surface area contributed by atoms with Crippen LogP contribution in [0.25, 0.3) is 0 Å². The summed E-state index contributed by atoms with van der Waals surface area (Å²) in [5.41, 5.74) is -0.700. The van der Waals surface area contributed by atoms with Crippen LogP contribution in [0.4, 0.5) is 0 Å². The second kappa shape index (κ2) is 17.2. The normalized spacial score (nSPS) is 27.1. The van der Waals surface area contributed by atoms with Gasteiger partial charge in [0.15, 0.2) is 0 Å². The predicted octanol–water partition coefficient (Wildman–Crippen LogP) is 5.15. The summed E-state index contributed by atoms with van der Waals surface area (Å²) in [7, 11) is 0. The maximum Gasteiger partial charge on any atom is 0.115 e. The molecule has 198 valence electrons. The molecular weight excluding hydrogens is 420 g/mol. The first-order chi connectivity index (χ1) is 15.9. The second-order valence-corrected chi connectivity index (χ2v) is 9.88. The molecule has 1 saturated heterocycles. The number of hydrogen-bond acceptors (Lipinski definition) is 6. The molecule has 6 heteroatoms. The van der Waals surface area contributed by atoms with Crippen LogP contribution in [0.3, 0.4) is 0 Å². The molecule has 0 saturated carbocycles. The average molecular weight is 475 g/mol. The van der Waals surface area contributed by atoms with Crippen LogP contribution in [-0.2, 0) is 14.2 Å². The SMILES string of the molecule is CCCCCCCCCCCCOC(CC)(CC)C1O[C@H](CO)[C@@H](OC(C)CC)[C@H](O)[C@H]1O. The Kier molecular flexibility index (Phi) is 16.1. The fourth-order valence-electron chi connectivity index (χ4n) is 4.86. The zero-order valence-corrected chi connectivity index (χ0v) is 22.1. The maximum atomic E-state index is 11.0. The van der Waals surface area contributed by atoms with Gasteiger partial charge >= 0.3 is 0 Å². The van der Waals surface area contributed by atoms with Crippen LogP contribution in [0.2, 0.25) is 0 Å². The fraction of sp³-hybridized carbons (Fsp3) is 1.00. The standard InChI is InChI=1S/C27H54O6/c1-6-10-11-12-13-14-15-16-17-18-19-31-27(8-3,9-4)26-24(30)23(29)25(22(20-28)33-26)32-21(5)7-2/h21-26,28-30H,6-20H2,1-5H3/t21?,22-,23-,24-,25-,26?/m1/s1. The number of rotatable bonds is 19. The van der Waals surface area contributed by atoms with Crippen LogP contribution in [-0.4, -0.2) is 70.8 Å². The molecule has 0 radical (unpaired) electrons. The van der Waals surface area contributed by atoms with E-state index in [0.717, 1.165) is 19.3 Å². The van der Waals surface area contributed by atoms with E-state index in [-0.39, 0.29) is 12.7 Å². The van der Waals surface area contributed by atoms with Crippen molar-refractivity contribution in [1.29, 1.82) is 0 Å². The second-order valence-electron chi connectivity index (χ2n) is 9.88. The van der Waals surface area contributed by atoms with Gasteiger partial charge in [-0.25, -0.2) is 0 Å². The quantitative estimate of drug-likeness (QED) is 0.224. The van der Waals surface area contributed by atoms with E-state index in [0.29, 0.717) is 19.4 Å². The molecule has 6 nitrogen and oxygen atoms in total. The molecule has 0 aliphatic carbocycles. The predicted molar refractivity (Wildman–Crippen MR) is 133 cm³/mol. The topological polar surface area (TPSA) is 88.4 Å². The zero-order valence-electron chi connectivity index (χ0n) is 22.1. The molecule has 3 N–H and O–H groups in total. The van der Waals surface area contributed by atoms with Gasteiger partial charge in [0, 0.05) is 6.61 Å². The molecule has 0 aromatic heterocycles. The molecule has 33 heavy (non-hydrogen) atoms. The third-order valence-electron chi connectivity index (χ3n) is 7.43. The summed E-state index contributed by atoms with van der Waals surface area (Å²) < 4.78 is 18.4. The van der Waals surface area contributed by atoms with Crippen molar-refractivity contribution in [2.75, 3.05) is 13.2 Å². The van der Waals surface area contributed by atoms with Crippen molar-refractivity contribution in [3.05, 3.63) is 0 Å². The molecule has 0 aromatic carbocycles. The minimum atomic E-state index is -1.13. The van der Waals surface area contributed by atoms with E-state index in [2.05, 4.69) is 6.92 Å². The molecule has 0 amide bonds. The van der Waals surface area contributed by atoms with Gasteiger partial charge in [-0.05, 0) is 32.6 Å². The Morgan fingerprint density at radius 3 is 1.85 bits per heavy atom. The van der Waals surface area contributed by atoms with Crippen molar-refractivity contribution in [2.45, 2.75) is 160 Å². The fourth-order valence-corrected chi connectivity index (χ4v) is 4.86. The van der Waals surface area contributed by atoms with Gasteiger partial charge in [0.2, 0.25) is 0 Å². The van der Waals surface area contributed by atoms with E-state index < -0.39 is 36.1 Å². The van der Waals surface area contributed by atoms with Gasteiger partial charge in [0.25, 0.3) is 0 Å². The highest BCUT2D eigenvalue weighted by Gasteiger charge is 2.53. The number of unbranched alkanes of at least 4 members (excludes halogenated alkanes) is 9.